The van der Waals surface area contributed by atoms with E-state index in [-0.39, 0.29) is 11.4 Å². The Labute approximate surface area is 149 Å². The largest absolute Gasteiger partial charge is 0.497 e. The van der Waals surface area contributed by atoms with Gasteiger partial charge in [-0.3, -0.25) is 4.79 Å². The smallest absolute Gasteiger partial charge is 0.250 e. The number of likely N-dealkylation sites (N-methyl/N-ethyl adjacent to an activating group) is 1. The van der Waals surface area contributed by atoms with Gasteiger partial charge in [-0.05, 0) is 50.1 Å². The molecule has 25 heavy (non-hydrogen) atoms. The summed E-state index contributed by atoms with van der Waals surface area (Å²) in [5.74, 6) is 0.624. The number of fused-ring (bicyclic) bond motifs is 1. The minimum atomic E-state index is -0.139. The molecule has 1 heterocycles. The molecule has 0 radical (unpaired) electrons. The van der Waals surface area contributed by atoms with Gasteiger partial charge in [0.15, 0.2) is 0 Å². The van der Waals surface area contributed by atoms with Gasteiger partial charge in [-0.15, -0.1) is 0 Å². The number of benzene rings is 2. The van der Waals surface area contributed by atoms with E-state index in [4.69, 9.17) is 4.74 Å². The molecule has 2 aromatic rings. The van der Waals surface area contributed by atoms with Crippen LogP contribution in [0.15, 0.2) is 54.6 Å². The van der Waals surface area contributed by atoms with Crippen LogP contribution in [0.1, 0.15) is 25.0 Å². The lowest BCUT2D eigenvalue weighted by molar-refractivity contribution is -0.111. The molecule has 0 atom stereocenters. The highest BCUT2D eigenvalue weighted by molar-refractivity contribution is 6.04. The number of ether oxygens (including phenoxy) is 1. The number of anilines is 1. The van der Waals surface area contributed by atoms with Crippen LogP contribution in [0.2, 0.25) is 0 Å². The van der Waals surface area contributed by atoms with Gasteiger partial charge in [0, 0.05) is 35.6 Å². The number of nitrogens with zero attached hydrogens (tertiary/aromatic N) is 1. The van der Waals surface area contributed by atoms with Crippen LogP contribution in [0, 0.1) is 0 Å². The Bertz CT molecular complexity index is 807. The van der Waals surface area contributed by atoms with Gasteiger partial charge in [0.05, 0.1) is 7.11 Å². The number of hydrogen-bond donors (Lipinski definition) is 1. The molecular weight excluding hydrogens is 312 g/mol. The van der Waals surface area contributed by atoms with E-state index < -0.39 is 0 Å². The van der Waals surface area contributed by atoms with Crippen molar-refractivity contribution in [3.8, 4) is 5.75 Å². The second-order valence-electron chi connectivity index (χ2n) is 6.95. The fourth-order valence-corrected chi connectivity index (χ4v) is 3.17. The SMILES string of the molecule is COc1ccc(NC(=O)/C=C2/c3ccccc3CC(C)(C)N2C)cc1. The summed E-state index contributed by atoms with van der Waals surface area (Å²) in [4.78, 5) is 14.7. The van der Waals surface area contributed by atoms with Crippen molar-refractivity contribution in [3.05, 3.63) is 65.7 Å². The van der Waals surface area contributed by atoms with Crippen molar-refractivity contribution in [1.29, 1.82) is 0 Å². The number of carbonyl (C=O) groups excluding carboxylic acids is 1. The Morgan fingerprint density at radius 3 is 2.52 bits per heavy atom. The van der Waals surface area contributed by atoms with E-state index in [2.05, 4.69) is 42.3 Å². The zero-order valence-corrected chi connectivity index (χ0v) is 15.2. The van der Waals surface area contributed by atoms with E-state index in [1.54, 1.807) is 13.2 Å². The molecule has 0 saturated carbocycles. The molecule has 1 amide bonds. The molecule has 4 heteroatoms. The van der Waals surface area contributed by atoms with E-state index in [1.165, 1.54) is 5.56 Å². The third kappa shape index (κ3) is 3.53. The van der Waals surface area contributed by atoms with Gasteiger partial charge in [0.25, 0.3) is 0 Å². The van der Waals surface area contributed by atoms with E-state index in [9.17, 15) is 4.79 Å². The molecule has 1 aliphatic rings. The molecular formula is C21H24N2O2. The highest BCUT2D eigenvalue weighted by atomic mass is 16.5. The highest BCUT2D eigenvalue weighted by Crippen LogP contribution is 2.36. The molecule has 3 rings (SSSR count). The van der Waals surface area contributed by atoms with Gasteiger partial charge in [-0.2, -0.15) is 0 Å². The highest BCUT2D eigenvalue weighted by Gasteiger charge is 2.33. The van der Waals surface area contributed by atoms with Crippen LogP contribution < -0.4 is 10.1 Å². The van der Waals surface area contributed by atoms with Crippen LogP contribution >= 0.6 is 0 Å². The number of carbonyl (C=O) groups is 1. The van der Waals surface area contributed by atoms with E-state index in [0.717, 1.165) is 29.1 Å². The van der Waals surface area contributed by atoms with Crippen LogP contribution in [0.3, 0.4) is 0 Å². The molecule has 0 unspecified atom stereocenters. The second kappa shape index (κ2) is 6.63. The molecule has 1 aliphatic heterocycles. The minimum Gasteiger partial charge on any atom is -0.497 e. The standard InChI is InChI=1S/C21H24N2O2/c1-21(2)14-15-7-5-6-8-18(15)19(23(21)3)13-20(24)22-16-9-11-17(25-4)12-10-16/h5-13H,14H2,1-4H3,(H,22,24)/b19-13-. The summed E-state index contributed by atoms with van der Waals surface area (Å²) in [5.41, 5.74) is 4.04. The van der Waals surface area contributed by atoms with Gasteiger partial charge in [0.2, 0.25) is 5.91 Å². The summed E-state index contributed by atoms with van der Waals surface area (Å²) in [7, 11) is 3.67. The molecule has 4 nitrogen and oxygen atoms in total. The van der Waals surface area contributed by atoms with Crippen LogP contribution in [0.25, 0.3) is 5.70 Å². The monoisotopic (exact) mass is 336 g/mol. The Morgan fingerprint density at radius 1 is 1.16 bits per heavy atom. The topological polar surface area (TPSA) is 41.6 Å². The zero-order chi connectivity index (χ0) is 18.0. The number of methoxy groups -OCH3 is 1. The Balaban J connectivity index is 1.88. The van der Waals surface area contributed by atoms with Crippen molar-refractivity contribution in [2.24, 2.45) is 0 Å². The molecule has 0 spiro atoms. The number of amides is 1. The van der Waals surface area contributed by atoms with Crippen molar-refractivity contribution in [2.45, 2.75) is 25.8 Å². The third-order valence-electron chi connectivity index (χ3n) is 4.81. The van der Waals surface area contributed by atoms with Gasteiger partial charge in [0.1, 0.15) is 5.75 Å². The van der Waals surface area contributed by atoms with Crippen molar-refractivity contribution in [3.63, 3.8) is 0 Å². The minimum absolute atomic E-state index is 0.0411. The first-order valence-corrected chi connectivity index (χ1v) is 8.39. The summed E-state index contributed by atoms with van der Waals surface area (Å²) in [5, 5.41) is 2.92. The first kappa shape index (κ1) is 17.1. The summed E-state index contributed by atoms with van der Waals surface area (Å²) >= 11 is 0. The summed E-state index contributed by atoms with van der Waals surface area (Å²) in [6.45, 7) is 4.39. The molecule has 2 aromatic carbocycles. The fourth-order valence-electron chi connectivity index (χ4n) is 3.17. The molecule has 0 bridgehead atoms. The van der Waals surface area contributed by atoms with Crippen LogP contribution in [0.5, 0.6) is 5.75 Å². The maximum atomic E-state index is 12.6. The lowest BCUT2D eigenvalue weighted by Gasteiger charge is -2.44. The van der Waals surface area contributed by atoms with Crippen LogP contribution in [-0.4, -0.2) is 30.5 Å². The van der Waals surface area contributed by atoms with Crippen LogP contribution in [0.4, 0.5) is 5.69 Å². The number of rotatable bonds is 3. The molecule has 0 fully saturated rings. The van der Waals surface area contributed by atoms with E-state index >= 15 is 0 Å². The molecule has 0 saturated heterocycles. The lowest BCUT2D eigenvalue weighted by atomic mass is 9.84. The van der Waals surface area contributed by atoms with Crippen molar-refractivity contribution >= 4 is 17.3 Å². The quantitative estimate of drug-likeness (QED) is 0.863. The maximum Gasteiger partial charge on any atom is 0.250 e. The second-order valence-corrected chi connectivity index (χ2v) is 6.95. The number of hydrogen-bond acceptors (Lipinski definition) is 3. The van der Waals surface area contributed by atoms with Gasteiger partial charge in [-0.25, -0.2) is 0 Å². The first-order valence-electron chi connectivity index (χ1n) is 8.39. The Morgan fingerprint density at radius 2 is 1.84 bits per heavy atom. The molecule has 0 aromatic heterocycles. The average molecular weight is 336 g/mol. The molecule has 0 aliphatic carbocycles. The summed E-state index contributed by atoms with van der Waals surface area (Å²) in [6, 6.07) is 15.6. The van der Waals surface area contributed by atoms with Gasteiger partial charge in [-0.1, -0.05) is 24.3 Å². The molecule has 130 valence electrons. The Hall–Kier alpha value is -2.75. The third-order valence-corrected chi connectivity index (χ3v) is 4.81. The summed E-state index contributed by atoms with van der Waals surface area (Å²) in [6.07, 6.45) is 2.64. The number of nitrogens with one attached hydrogen (secondary N) is 1. The predicted octanol–water partition coefficient (Wildman–Crippen LogP) is 3.94. The van der Waals surface area contributed by atoms with E-state index in [1.807, 2.05) is 37.4 Å². The van der Waals surface area contributed by atoms with Gasteiger partial charge >= 0.3 is 0 Å². The van der Waals surface area contributed by atoms with Crippen molar-refractivity contribution in [1.82, 2.24) is 4.90 Å². The van der Waals surface area contributed by atoms with Crippen LogP contribution in [-0.2, 0) is 11.2 Å². The fraction of sp³-hybridized carbons (Fsp3) is 0.286. The lowest BCUT2D eigenvalue weighted by Crippen LogP contribution is -2.45. The van der Waals surface area contributed by atoms with Crippen molar-refractivity contribution < 1.29 is 9.53 Å². The van der Waals surface area contributed by atoms with E-state index in [0.29, 0.717) is 0 Å². The normalized spacial score (nSPS) is 17.1. The predicted molar refractivity (Wildman–Crippen MR) is 102 cm³/mol. The zero-order valence-electron chi connectivity index (χ0n) is 15.2. The first-order chi connectivity index (χ1) is 11.9. The Kier molecular flexibility index (Phi) is 4.53. The average Bonchev–Trinajstić information content (AvgIpc) is 2.59. The maximum absolute atomic E-state index is 12.6. The summed E-state index contributed by atoms with van der Waals surface area (Å²) < 4.78 is 5.14. The van der Waals surface area contributed by atoms with Gasteiger partial charge < -0.3 is 15.0 Å². The van der Waals surface area contributed by atoms with Crippen molar-refractivity contribution in [2.75, 3.05) is 19.5 Å². The molecule has 1 N–H and O–H groups in total.